The molecule has 3 heterocycles. The van der Waals surface area contributed by atoms with Crippen LogP contribution >= 0.6 is 0 Å². The average molecular weight is 275 g/mol. The van der Waals surface area contributed by atoms with Gasteiger partial charge in [-0.05, 0) is 14.0 Å². The fourth-order valence-corrected chi connectivity index (χ4v) is 2.05. The normalized spacial score (nSPS) is 16.4. The minimum Gasteiger partial charge on any atom is -0.360 e. The van der Waals surface area contributed by atoms with E-state index in [1.807, 2.05) is 6.92 Å². The third-order valence-corrected chi connectivity index (χ3v) is 3.22. The Morgan fingerprint density at radius 3 is 2.70 bits per heavy atom. The first-order chi connectivity index (χ1) is 9.70. The Morgan fingerprint density at radius 1 is 1.20 bits per heavy atom. The monoisotopic (exact) mass is 275 g/mol. The van der Waals surface area contributed by atoms with Crippen LogP contribution in [0.2, 0.25) is 0 Å². The van der Waals surface area contributed by atoms with Crippen LogP contribution in [0.3, 0.4) is 0 Å². The van der Waals surface area contributed by atoms with E-state index in [-0.39, 0.29) is 0 Å². The number of likely N-dealkylation sites (N-methyl/N-ethyl adjacent to an activating group) is 1. The van der Waals surface area contributed by atoms with Gasteiger partial charge < -0.3 is 19.6 Å². The van der Waals surface area contributed by atoms with Crippen LogP contribution < -0.4 is 10.2 Å². The smallest absolute Gasteiger partial charge is 0.247 e. The molecule has 106 valence electrons. The first kappa shape index (κ1) is 12.8. The third-order valence-electron chi connectivity index (χ3n) is 3.22. The minimum atomic E-state index is 0.613. The fourth-order valence-electron chi connectivity index (χ4n) is 2.05. The van der Waals surface area contributed by atoms with Gasteiger partial charge in [0.05, 0.1) is 6.20 Å². The van der Waals surface area contributed by atoms with Crippen LogP contribution in [0.1, 0.15) is 5.76 Å². The fraction of sp³-hybridized carbons (Fsp3) is 0.500. The second-order valence-corrected chi connectivity index (χ2v) is 4.88. The van der Waals surface area contributed by atoms with E-state index in [1.165, 1.54) is 0 Å². The summed E-state index contributed by atoms with van der Waals surface area (Å²) in [5.41, 5.74) is 0. The van der Waals surface area contributed by atoms with E-state index >= 15 is 0 Å². The summed E-state index contributed by atoms with van der Waals surface area (Å²) >= 11 is 0. The SMILES string of the molecule is Cc1cc(Nc2cnnc(N3CCN(C)CC3)n2)no1. The number of anilines is 3. The summed E-state index contributed by atoms with van der Waals surface area (Å²) in [6.07, 6.45) is 1.57. The predicted octanol–water partition coefficient (Wildman–Crippen LogP) is 0.663. The molecule has 2 aromatic rings. The molecule has 0 unspecified atom stereocenters. The number of aromatic nitrogens is 4. The summed E-state index contributed by atoms with van der Waals surface area (Å²) in [4.78, 5) is 8.88. The number of hydrogen-bond donors (Lipinski definition) is 1. The molecule has 1 aliphatic heterocycles. The standard InChI is InChI=1S/C12H17N7O/c1-9-7-10(17-20-9)14-11-8-13-16-12(15-11)19-5-3-18(2)4-6-19/h7-8H,3-6H2,1-2H3,(H,14,15,16,17). The Morgan fingerprint density at radius 2 is 2.00 bits per heavy atom. The van der Waals surface area contributed by atoms with Gasteiger partial charge in [-0.25, -0.2) is 0 Å². The van der Waals surface area contributed by atoms with Crippen LogP contribution in [0.5, 0.6) is 0 Å². The predicted molar refractivity (Wildman–Crippen MR) is 74.1 cm³/mol. The van der Waals surface area contributed by atoms with Crippen LogP contribution in [-0.4, -0.2) is 58.5 Å². The molecular formula is C12H17N7O. The molecule has 0 aromatic carbocycles. The largest absolute Gasteiger partial charge is 0.360 e. The van der Waals surface area contributed by atoms with Gasteiger partial charge in [-0.3, -0.25) is 0 Å². The number of rotatable bonds is 3. The van der Waals surface area contributed by atoms with Gasteiger partial charge in [0.1, 0.15) is 5.76 Å². The first-order valence-corrected chi connectivity index (χ1v) is 6.54. The molecule has 20 heavy (non-hydrogen) atoms. The van der Waals surface area contributed by atoms with Crippen molar-refractivity contribution < 1.29 is 4.52 Å². The topological polar surface area (TPSA) is 83.2 Å². The Balaban J connectivity index is 1.72. The average Bonchev–Trinajstić information content (AvgIpc) is 2.85. The maximum atomic E-state index is 5.00. The highest BCUT2D eigenvalue weighted by molar-refractivity contribution is 5.51. The van der Waals surface area contributed by atoms with Crippen LogP contribution in [0, 0.1) is 6.92 Å². The van der Waals surface area contributed by atoms with E-state index in [4.69, 9.17) is 4.52 Å². The minimum absolute atomic E-state index is 0.613. The molecule has 3 rings (SSSR count). The molecule has 0 atom stereocenters. The number of piperazine rings is 1. The van der Waals surface area contributed by atoms with Crippen molar-refractivity contribution in [2.24, 2.45) is 0 Å². The molecule has 1 fully saturated rings. The molecule has 0 saturated carbocycles. The first-order valence-electron chi connectivity index (χ1n) is 6.54. The van der Waals surface area contributed by atoms with Crippen molar-refractivity contribution in [2.45, 2.75) is 6.92 Å². The van der Waals surface area contributed by atoms with Crippen molar-refractivity contribution in [1.29, 1.82) is 0 Å². The van der Waals surface area contributed by atoms with Crippen LogP contribution in [-0.2, 0) is 0 Å². The second-order valence-electron chi connectivity index (χ2n) is 4.88. The lowest BCUT2D eigenvalue weighted by molar-refractivity contribution is 0.311. The van der Waals surface area contributed by atoms with Crippen molar-refractivity contribution in [3.05, 3.63) is 18.0 Å². The van der Waals surface area contributed by atoms with Gasteiger partial charge in [0.2, 0.25) is 5.95 Å². The van der Waals surface area contributed by atoms with E-state index in [0.29, 0.717) is 17.6 Å². The van der Waals surface area contributed by atoms with Crippen molar-refractivity contribution in [2.75, 3.05) is 43.4 Å². The van der Waals surface area contributed by atoms with E-state index in [2.05, 4.69) is 42.5 Å². The Bertz CT molecular complexity index is 577. The van der Waals surface area contributed by atoms with Crippen molar-refractivity contribution in [1.82, 2.24) is 25.2 Å². The van der Waals surface area contributed by atoms with Crippen LogP contribution in [0.25, 0.3) is 0 Å². The lowest BCUT2D eigenvalue weighted by atomic mass is 10.3. The van der Waals surface area contributed by atoms with E-state index in [0.717, 1.165) is 31.9 Å². The maximum Gasteiger partial charge on any atom is 0.247 e. The van der Waals surface area contributed by atoms with Crippen molar-refractivity contribution in [3.8, 4) is 0 Å². The number of aryl methyl sites for hydroxylation is 1. The molecule has 1 saturated heterocycles. The van der Waals surface area contributed by atoms with Crippen LogP contribution in [0.15, 0.2) is 16.8 Å². The highest BCUT2D eigenvalue weighted by Crippen LogP contribution is 2.16. The van der Waals surface area contributed by atoms with Gasteiger partial charge in [-0.2, -0.15) is 10.1 Å². The molecule has 8 heteroatoms. The molecule has 0 amide bonds. The van der Waals surface area contributed by atoms with E-state index in [1.54, 1.807) is 12.3 Å². The van der Waals surface area contributed by atoms with Crippen molar-refractivity contribution >= 4 is 17.6 Å². The number of nitrogens with one attached hydrogen (secondary N) is 1. The Labute approximate surface area is 116 Å². The summed E-state index contributed by atoms with van der Waals surface area (Å²) in [5, 5.41) is 15.0. The molecule has 1 aliphatic rings. The lowest BCUT2D eigenvalue weighted by Gasteiger charge is -2.32. The zero-order valence-electron chi connectivity index (χ0n) is 11.6. The second kappa shape index (κ2) is 5.41. The number of nitrogens with zero attached hydrogens (tertiary/aromatic N) is 6. The highest BCUT2D eigenvalue weighted by Gasteiger charge is 2.17. The zero-order valence-corrected chi connectivity index (χ0v) is 11.6. The highest BCUT2D eigenvalue weighted by atomic mass is 16.5. The van der Waals surface area contributed by atoms with Gasteiger partial charge in [-0.1, -0.05) is 5.16 Å². The summed E-state index contributed by atoms with van der Waals surface area (Å²) in [6.45, 7) is 5.66. The molecule has 0 aliphatic carbocycles. The Hall–Kier alpha value is -2.22. The van der Waals surface area contributed by atoms with E-state index < -0.39 is 0 Å². The molecule has 8 nitrogen and oxygen atoms in total. The third kappa shape index (κ3) is 2.85. The van der Waals surface area contributed by atoms with Gasteiger partial charge >= 0.3 is 0 Å². The molecule has 0 spiro atoms. The molecule has 0 bridgehead atoms. The summed E-state index contributed by atoms with van der Waals surface area (Å²) in [5.74, 6) is 2.62. The summed E-state index contributed by atoms with van der Waals surface area (Å²) in [6, 6.07) is 1.80. The molecule has 1 N–H and O–H groups in total. The van der Waals surface area contributed by atoms with Crippen LogP contribution in [0.4, 0.5) is 17.6 Å². The van der Waals surface area contributed by atoms with E-state index in [9.17, 15) is 0 Å². The number of hydrogen-bond acceptors (Lipinski definition) is 8. The molecule has 0 radical (unpaired) electrons. The molecular weight excluding hydrogens is 258 g/mol. The summed E-state index contributed by atoms with van der Waals surface area (Å²) in [7, 11) is 2.11. The zero-order chi connectivity index (χ0) is 13.9. The summed E-state index contributed by atoms with van der Waals surface area (Å²) < 4.78 is 5.00. The van der Waals surface area contributed by atoms with Gasteiger partial charge in [0, 0.05) is 32.2 Å². The lowest BCUT2D eigenvalue weighted by Crippen LogP contribution is -2.45. The van der Waals surface area contributed by atoms with Gasteiger partial charge in [-0.15, -0.1) is 5.10 Å². The Kier molecular flexibility index (Phi) is 3.46. The van der Waals surface area contributed by atoms with Gasteiger partial charge in [0.15, 0.2) is 11.6 Å². The molecule has 2 aromatic heterocycles. The quantitative estimate of drug-likeness (QED) is 0.874. The van der Waals surface area contributed by atoms with Gasteiger partial charge in [0.25, 0.3) is 0 Å². The maximum absolute atomic E-state index is 5.00. The van der Waals surface area contributed by atoms with Crippen molar-refractivity contribution in [3.63, 3.8) is 0 Å².